The number of carbonyl (C=O) groups is 1. The van der Waals surface area contributed by atoms with Crippen LogP contribution in [0.3, 0.4) is 0 Å². The third-order valence-electron chi connectivity index (χ3n) is 2.52. The van der Waals surface area contributed by atoms with Crippen LogP contribution < -0.4 is 4.74 Å². The molecule has 0 bridgehead atoms. The maximum absolute atomic E-state index is 13.0. The van der Waals surface area contributed by atoms with Crippen LogP contribution in [0.2, 0.25) is 5.02 Å². The molecule has 0 aliphatic carbocycles. The minimum absolute atomic E-state index is 0.0970. The van der Waals surface area contributed by atoms with Crippen molar-refractivity contribution >= 4 is 23.3 Å². The van der Waals surface area contributed by atoms with E-state index in [9.17, 15) is 19.3 Å². The van der Waals surface area contributed by atoms with Gasteiger partial charge in [0.05, 0.1) is 4.92 Å². The monoisotopic (exact) mass is 311 g/mol. The topological polar surface area (TPSA) is 89.7 Å². The van der Waals surface area contributed by atoms with Gasteiger partial charge in [0, 0.05) is 12.1 Å². The van der Waals surface area contributed by atoms with Crippen molar-refractivity contribution in [2.24, 2.45) is 0 Å². The van der Waals surface area contributed by atoms with Gasteiger partial charge in [0.25, 0.3) is 5.69 Å². The van der Waals surface area contributed by atoms with Gasteiger partial charge in [0.2, 0.25) is 0 Å². The van der Waals surface area contributed by atoms with E-state index in [1.54, 1.807) is 0 Å². The number of halogens is 2. The van der Waals surface area contributed by atoms with Crippen molar-refractivity contribution in [2.75, 3.05) is 0 Å². The van der Waals surface area contributed by atoms with Crippen LogP contribution in [-0.4, -0.2) is 16.0 Å². The van der Waals surface area contributed by atoms with Crippen molar-refractivity contribution in [2.45, 2.75) is 0 Å². The van der Waals surface area contributed by atoms with E-state index in [4.69, 9.17) is 21.4 Å². The predicted molar refractivity (Wildman–Crippen MR) is 71.5 cm³/mol. The number of nitrogens with zero attached hydrogens (tertiary/aromatic N) is 1. The fourth-order valence-corrected chi connectivity index (χ4v) is 1.82. The van der Waals surface area contributed by atoms with Crippen molar-refractivity contribution in [1.82, 2.24) is 0 Å². The molecular weight excluding hydrogens is 305 g/mol. The highest BCUT2D eigenvalue weighted by atomic mass is 35.5. The van der Waals surface area contributed by atoms with Gasteiger partial charge < -0.3 is 9.84 Å². The fourth-order valence-electron chi connectivity index (χ4n) is 1.58. The first-order valence-corrected chi connectivity index (χ1v) is 5.91. The molecule has 0 unspecified atom stereocenters. The zero-order valence-corrected chi connectivity index (χ0v) is 11.0. The lowest BCUT2D eigenvalue weighted by atomic mass is 10.2. The number of ether oxygens (including phenoxy) is 1. The summed E-state index contributed by atoms with van der Waals surface area (Å²) >= 11 is 5.72. The van der Waals surface area contributed by atoms with Gasteiger partial charge in [-0.25, -0.2) is 9.18 Å². The van der Waals surface area contributed by atoms with E-state index in [0.29, 0.717) is 0 Å². The third-order valence-corrected chi connectivity index (χ3v) is 2.82. The molecule has 2 aromatic rings. The number of aromatic carboxylic acids is 1. The molecule has 0 radical (unpaired) electrons. The van der Waals surface area contributed by atoms with E-state index < -0.39 is 16.7 Å². The van der Waals surface area contributed by atoms with E-state index >= 15 is 0 Å². The smallest absolute Gasteiger partial charge is 0.339 e. The number of hydrogen-bond donors (Lipinski definition) is 1. The summed E-state index contributed by atoms with van der Waals surface area (Å²) in [6.07, 6.45) is 0. The lowest BCUT2D eigenvalue weighted by Crippen LogP contribution is -2.01. The molecular formula is C13H7ClFNO5. The average Bonchev–Trinajstić information content (AvgIpc) is 2.40. The predicted octanol–water partition coefficient (Wildman–Crippen LogP) is 3.88. The molecule has 8 heteroatoms. The van der Waals surface area contributed by atoms with Gasteiger partial charge in [-0.15, -0.1) is 0 Å². The second-order valence-corrected chi connectivity index (χ2v) is 4.33. The highest BCUT2D eigenvalue weighted by Crippen LogP contribution is 2.32. The Morgan fingerprint density at radius 2 is 2.00 bits per heavy atom. The molecule has 2 aromatic carbocycles. The Labute approximate surface area is 122 Å². The van der Waals surface area contributed by atoms with Crippen LogP contribution in [0.4, 0.5) is 10.1 Å². The van der Waals surface area contributed by atoms with Crippen molar-refractivity contribution in [3.8, 4) is 11.5 Å². The van der Waals surface area contributed by atoms with E-state index in [0.717, 1.165) is 24.3 Å². The molecule has 0 spiro atoms. The lowest BCUT2D eigenvalue weighted by Gasteiger charge is -2.09. The first kappa shape index (κ1) is 14.7. The normalized spacial score (nSPS) is 10.2. The van der Waals surface area contributed by atoms with E-state index in [1.165, 1.54) is 12.1 Å². The van der Waals surface area contributed by atoms with Crippen molar-refractivity contribution < 1.29 is 24.0 Å². The molecule has 0 aromatic heterocycles. The molecule has 0 atom stereocenters. The van der Waals surface area contributed by atoms with E-state index in [1.807, 2.05) is 0 Å². The Kier molecular flexibility index (Phi) is 4.04. The van der Waals surface area contributed by atoms with Gasteiger partial charge in [-0.1, -0.05) is 11.6 Å². The maximum Gasteiger partial charge on any atom is 0.339 e. The number of hydrogen-bond acceptors (Lipinski definition) is 4. The molecule has 1 N–H and O–H groups in total. The minimum Gasteiger partial charge on any atom is -0.478 e. The summed E-state index contributed by atoms with van der Waals surface area (Å²) in [4.78, 5) is 21.0. The third kappa shape index (κ3) is 3.26. The Bertz CT molecular complexity index is 734. The number of benzene rings is 2. The standard InChI is InChI=1S/C13H7ClFNO5/c14-10-6-8(2-3-11(10)16(19)20)21-12-4-1-7(15)5-9(12)13(17)18/h1-6H,(H,17,18). The number of nitro groups is 1. The molecule has 0 fully saturated rings. The highest BCUT2D eigenvalue weighted by molar-refractivity contribution is 6.32. The van der Waals surface area contributed by atoms with Gasteiger partial charge in [-0.05, 0) is 24.3 Å². The summed E-state index contributed by atoms with van der Waals surface area (Å²) in [5, 5.41) is 19.5. The quantitative estimate of drug-likeness (QED) is 0.683. The summed E-state index contributed by atoms with van der Waals surface area (Å²) in [5.74, 6) is -2.09. The van der Waals surface area contributed by atoms with Gasteiger partial charge >= 0.3 is 5.97 Å². The lowest BCUT2D eigenvalue weighted by molar-refractivity contribution is -0.384. The number of carboxylic acid groups (broad SMARTS) is 1. The summed E-state index contributed by atoms with van der Waals surface area (Å²) < 4.78 is 18.3. The SMILES string of the molecule is O=C(O)c1cc(F)ccc1Oc1ccc([N+](=O)[O-])c(Cl)c1. The molecule has 6 nitrogen and oxygen atoms in total. The summed E-state index contributed by atoms with van der Waals surface area (Å²) in [5.41, 5.74) is -0.675. The van der Waals surface area contributed by atoms with Crippen LogP contribution >= 0.6 is 11.6 Å². The second-order valence-electron chi connectivity index (χ2n) is 3.92. The first-order valence-electron chi connectivity index (χ1n) is 5.53. The van der Waals surface area contributed by atoms with Gasteiger partial charge in [-0.2, -0.15) is 0 Å². The summed E-state index contributed by atoms with van der Waals surface area (Å²) in [7, 11) is 0. The summed E-state index contributed by atoms with van der Waals surface area (Å²) in [6.45, 7) is 0. The maximum atomic E-state index is 13.0. The molecule has 0 amide bonds. The first-order chi connectivity index (χ1) is 9.88. The minimum atomic E-state index is -1.36. The van der Waals surface area contributed by atoms with Crippen molar-refractivity contribution in [3.05, 3.63) is 62.9 Å². The van der Waals surface area contributed by atoms with Crippen LogP contribution in [-0.2, 0) is 0 Å². The molecule has 0 saturated carbocycles. The molecule has 0 aliphatic rings. The van der Waals surface area contributed by atoms with Crippen molar-refractivity contribution in [3.63, 3.8) is 0 Å². The van der Waals surface area contributed by atoms with Crippen molar-refractivity contribution in [1.29, 1.82) is 0 Å². The molecule has 0 heterocycles. The van der Waals surface area contributed by atoms with Crippen LogP contribution in [0.25, 0.3) is 0 Å². The zero-order chi connectivity index (χ0) is 15.6. The van der Waals surface area contributed by atoms with Crippen LogP contribution in [0.5, 0.6) is 11.5 Å². The average molecular weight is 312 g/mol. The second kappa shape index (κ2) is 5.76. The Balaban J connectivity index is 2.37. The van der Waals surface area contributed by atoms with E-state index in [2.05, 4.69) is 0 Å². The fraction of sp³-hybridized carbons (Fsp3) is 0. The number of nitro benzene ring substituents is 1. The van der Waals surface area contributed by atoms with Crippen LogP contribution in [0, 0.1) is 15.9 Å². The number of rotatable bonds is 4. The van der Waals surface area contributed by atoms with Crippen LogP contribution in [0.1, 0.15) is 10.4 Å². The van der Waals surface area contributed by atoms with Gasteiger partial charge in [0.1, 0.15) is 27.9 Å². The molecule has 2 rings (SSSR count). The van der Waals surface area contributed by atoms with Gasteiger partial charge in [-0.3, -0.25) is 10.1 Å². The molecule has 108 valence electrons. The van der Waals surface area contributed by atoms with Gasteiger partial charge in [0.15, 0.2) is 0 Å². The number of carboxylic acids is 1. The largest absolute Gasteiger partial charge is 0.478 e. The molecule has 0 aliphatic heterocycles. The summed E-state index contributed by atoms with van der Waals surface area (Å²) in [6, 6.07) is 6.56. The Morgan fingerprint density at radius 3 is 2.57 bits per heavy atom. The van der Waals surface area contributed by atoms with Crippen LogP contribution in [0.15, 0.2) is 36.4 Å². The molecule has 21 heavy (non-hydrogen) atoms. The van der Waals surface area contributed by atoms with E-state index in [-0.39, 0.29) is 27.8 Å². The zero-order valence-electron chi connectivity index (χ0n) is 10.2. The molecule has 0 saturated heterocycles. The Hall–Kier alpha value is -2.67. The highest BCUT2D eigenvalue weighted by Gasteiger charge is 2.16. The Morgan fingerprint density at radius 1 is 1.29 bits per heavy atom.